The molecule has 0 unspecified atom stereocenters. The average Bonchev–Trinajstić information content (AvgIpc) is 3.36. The smallest absolute Gasteiger partial charge is 0.246 e. The van der Waals surface area contributed by atoms with E-state index in [-0.39, 0.29) is 18.1 Å². The summed E-state index contributed by atoms with van der Waals surface area (Å²) in [6.07, 6.45) is 8.90. The number of amides is 1. The van der Waals surface area contributed by atoms with Crippen LogP contribution in [0.5, 0.6) is 5.88 Å². The van der Waals surface area contributed by atoms with Gasteiger partial charge in [-0.05, 0) is 12.1 Å². The molecule has 0 aliphatic carbocycles. The van der Waals surface area contributed by atoms with Crippen LogP contribution in [-0.2, 0) is 16.6 Å². The molecule has 0 bridgehead atoms. The third kappa shape index (κ3) is 3.48. The van der Waals surface area contributed by atoms with E-state index in [1.165, 1.54) is 6.08 Å². The zero-order valence-corrected chi connectivity index (χ0v) is 15.9. The van der Waals surface area contributed by atoms with Crippen molar-refractivity contribution in [1.82, 2.24) is 29.3 Å². The highest BCUT2D eigenvalue weighted by Crippen LogP contribution is 2.26. The van der Waals surface area contributed by atoms with Gasteiger partial charge < -0.3 is 14.4 Å². The molecule has 0 radical (unpaired) electrons. The molecule has 4 heterocycles. The Kier molecular flexibility index (Phi) is 4.82. The molecule has 0 spiro atoms. The van der Waals surface area contributed by atoms with Crippen LogP contribution in [0, 0.1) is 0 Å². The first-order chi connectivity index (χ1) is 13.5. The number of carbonyl (C=O) groups is 1. The minimum Gasteiger partial charge on any atom is -0.470 e. The fourth-order valence-corrected chi connectivity index (χ4v) is 3.29. The molecule has 1 aliphatic rings. The van der Waals surface area contributed by atoms with Gasteiger partial charge in [-0.15, -0.1) is 0 Å². The van der Waals surface area contributed by atoms with Crippen molar-refractivity contribution in [2.75, 3.05) is 20.3 Å². The lowest BCUT2D eigenvalue weighted by Crippen LogP contribution is -2.47. The zero-order chi connectivity index (χ0) is 19.7. The van der Waals surface area contributed by atoms with Crippen molar-refractivity contribution in [3.8, 4) is 17.1 Å². The number of carbonyl (C=O) groups excluding carboxylic acids is 1. The van der Waals surface area contributed by atoms with Crippen molar-refractivity contribution in [2.24, 2.45) is 7.05 Å². The average molecular weight is 382 g/mol. The lowest BCUT2D eigenvalue weighted by molar-refractivity contribution is -0.131. The third-order valence-electron chi connectivity index (χ3n) is 4.85. The van der Waals surface area contributed by atoms with Crippen molar-refractivity contribution >= 4 is 11.4 Å². The second-order valence-electron chi connectivity index (χ2n) is 6.82. The van der Waals surface area contributed by atoms with E-state index in [9.17, 15) is 4.79 Å². The third-order valence-corrected chi connectivity index (χ3v) is 4.85. The van der Waals surface area contributed by atoms with Crippen molar-refractivity contribution in [1.29, 1.82) is 0 Å². The van der Waals surface area contributed by atoms with E-state index >= 15 is 0 Å². The highest BCUT2D eigenvalue weighted by Gasteiger charge is 2.29. The van der Waals surface area contributed by atoms with E-state index in [0.717, 1.165) is 11.1 Å². The zero-order valence-electron chi connectivity index (χ0n) is 15.9. The van der Waals surface area contributed by atoms with Gasteiger partial charge in [-0.3, -0.25) is 9.48 Å². The van der Waals surface area contributed by atoms with Crippen LogP contribution >= 0.6 is 0 Å². The van der Waals surface area contributed by atoms with E-state index in [1.807, 2.05) is 25.5 Å². The van der Waals surface area contributed by atoms with Crippen LogP contribution in [0.4, 0.5) is 0 Å². The lowest BCUT2D eigenvalue weighted by Gasteiger charge is -2.34. The number of aryl methyl sites for hydroxylation is 1. The second-order valence-corrected chi connectivity index (χ2v) is 6.82. The molecule has 1 amide bonds. The highest BCUT2D eigenvalue weighted by atomic mass is 16.5. The Bertz CT molecular complexity index is 1010. The molecule has 0 N–H and O–H groups in total. The molecule has 9 heteroatoms. The minimum absolute atomic E-state index is 0.0771. The summed E-state index contributed by atoms with van der Waals surface area (Å²) >= 11 is 0. The van der Waals surface area contributed by atoms with Gasteiger partial charge in [0.05, 0.1) is 43.5 Å². The van der Waals surface area contributed by atoms with Crippen LogP contribution in [-0.4, -0.2) is 67.6 Å². The standard InChI is InChI=1S/C19H22N6O3/c1-4-18(26)24(3)14-7-15(12-27-11-14)28-19-17-5-6-20-25(17)10-16(22-19)13-8-21-23(2)9-13/h4-6,8-10,14-15H,1,7,11-12H2,2-3H3/t14-,15+/m1/s1. The Balaban J connectivity index is 1.59. The molecule has 146 valence electrons. The maximum absolute atomic E-state index is 11.9. The molecule has 0 saturated carbocycles. The molecular formula is C19H22N6O3. The number of rotatable bonds is 5. The van der Waals surface area contributed by atoms with Gasteiger partial charge in [0.25, 0.3) is 0 Å². The minimum atomic E-state index is -0.228. The molecule has 3 aromatic heterocycles. The maximum Gasteiger partial charge on any atom is 0.246 e. The molecule has 1 aliphatic heterocycles. The summed E-state index contributed by atoms with van der Waals surface area (Å²) in [4.78, 5) is 18.2. The molecule has 1 saturated heterocycles. The quantitative estimate of drug-likeness (QED) is 0.619. The molecule has 0 aromatic carbocycles. The maximum atomic E-state index is 11.9. The van der Waals surface area contributed by atoms with Gasteiger partial charge >= 0.3 is 0 Å². The number of aromatic nitrogens is 5. The molecule has 28 heavy (non-hydrogen) atoms. The van der Waals surface area contributed by atoms with Gasteiger partial charge in [-0.1, -0.05) is 6.58 Å². The fourth-order valence-electron chi connectivity index (χ4n) is 3.29. The van der Waals surface area contributed by atoms with E-state index in [0.29, 0.717) is 31.2 Å². The summed E-state index contributed by atoms with van der Waals surface area (Å²) in [6, 6.07) is 1.77. The summed E-state index contributed by atoms with van der Waals surface area (Å²) in [5.74, 6) is 0.343. The van der Waals surface area contributed by atoms with Crippen molar-refractivity contribution in [2.45, 2.75) is 18.6 Å². The molecule has 9 nitrogen and oxygen atoms in total. The first-order valence-electron chi connectivity index (χ1n) is 9.02. The van der Waals surface area contributed by atoms with Gasteiger partial charge in [0.15, 0.2) is 0 Å². The summed E-state index contributed by atoms with van der Waals surface area (Å²) in [5.41, 5.74) is 2.36. The number of ether oxygens (including phenoxy) is 2. The van der Waals surface area contributed by atoms with Crippen LogP contribution in [0.2, 0.25) is 0 Å². The van der Waals surface area contributed by atoms with E-state index in [1.54, 1.807) is 33.5 Å². The first-order valence-corrected chi connectivity index (χ1v) is 9.02. The normalized spacial score (nSPS) is 19.5. The van der Waals surface area contributed by atoms with Crippen molar-refractivity contribution < 1.29 is 14.3 Å². The summed E-state index contributed by atoms with van der Waals surface area (Å²) < 4.78 is 15.3. The van der Waals surface area contributed by atoms with E-state index in [2.05, 4.69) is 21.8 Å². The fraction of sp³-hybridized carbons (Fsp3) is 0.368. The number of hydrogen-bond donors (Lipinski definition) is 0. The van der Waals surface area contributed by atoms with Gasteiger partial charge in [0, 0.05) is 32.3 Å². The van der Waals surface area contributed by atoms with Gasteiger partial charge in [0.1, 0.15) is 11.6 Å². The lowest BCUT2D eigenvalue weighted by atomic mass is 10.1. The van der Waals surface area contributed by atoms with E-state index < -0.39 is 0 Å². The highest BCUT2D eigenvalue weighted by molar-refractivity contribution is 5.87. The Morgan fingerprint density at radius 1 is 1.39 bits per heavy atom. The largest absolute Gasteiger partial charge is 0.470 e. The monoisotopic (exact) mass is 382 g/mol. The number of likely N-dealkylation sites (N-methyl/N-ethyl adjacent to an activating group) is 1. The molecule has 4 rings (SSSR count). The Hall–Kier alpha value is -3.20. The van der Waals surface area contributed by atoms with E-state index in [4.69, 9.17) is 9.47 Å². The van der Waals surface area contributed by atoms with Crippen LogP contribution in [0.1, 0.15) is 6.42 Å². The number of fused-ring (bicyclic) bond motifs is 1. The summed E-state index contributed by atoms with van der Waals surface area (Å²) in [5, 5.41) is 8.52. The van der Waals surface area contributed by atoms with Crippen molar-refractivity contribution in [3.63, 3.8) is 0 Å². The van der Waals surface area contributed by atoms with Crippen LogP contribution in [0.25, 0.3) is 16.8 Å². The molecule has 2 atom stereocenters. The summed E-state index contributed by atoms with van der Waals surface area (Å²) in [7, 11) is 3.60. The van der Waals surface area contributed by atoms with Crippen LogP contribution in [0.3, 0.4) is 0 Å². The first kappa shape index (κ1) is 18.2. The number of hydrogen-bond acceptors (Lipinski definition) is 6. The van der Waals surface area contributed by atoms with Crippen LogP contribution in [0.15, 0.2) is 43.5 Å². The Morgan fingerprint density at radius 3 is 3.00 bits per heavy atom. The predicted octanol–water partition coefficient (Wildman–Crippen LogP) is 1.31. The molecule has 1 fully saturated rings. The van der Waals surface area contributed by atoms with Gasteiger partial charge in [0.2, 0.25) is 11.8 Å². The molecule has 3 aromatic rings. The second kappa shape index (κ2) is 7.43. The SMILES string of the molecule is C=CC(=O)N(C)[C@H]1COC[C@@H](Oc2nc(-c3cnn(C)c3)cn3nccc23)C1. The molecular weight excluding hydrogens is 360 g/mol. The van der Waals surface area contributed by atoms with Gasteiger partial charge in [-0.2, -0.15) is 10.2 Å². The topological polar surface area (TPSA) is 86.8 Å². The predicted molar refractivity (Wildman–Crippen MR) is 102 cm³/mol. The Morgan fingerprint density at radius 2 is 2.25 bits per heavy atom. The van der Waals surface area contributed by atoms with Crippen molar-refractivity contribution in [3.05, 3.63) is 43.5 Å². The number of nitrogens with zero attached hydrogens (tertiary/aromatic N) is 6. The summed E-state index contributed by atoms with van der Waals surface area (Å²) in [6.45, 7) is 4.45. The van der Waals surface area contributed by atoms with Crippen LogP contribution < -0.4 is 4.74 Å². The van der Waals surface area contributed by atoms with Gasteiger partial charge in [-0.25, -0.2) is 9.50 Å². The Labute approximate surface area is 162 Å².